The van der Waals surface area contributed by atoms with Gasteiger partial charge >= 0.3 is 0 Å². The summed E-state index contributed by atoms with van der Waals surface area (Å²) in [6, 6.07) is 18.7. The molecule has 0 saturated carbocycles. The Hall–Kier alpha value is -3.38. The molecule has 0 spiro atoms. The van der Waals surface area contributed by atoms with Gasteiger partial charge in [0.1, 0.15) is 18.1 Å². The lowest BCUT2D eigenvalue weighted by Gasteiger charge is -2.37. The molecule has 2 aliphatic rings. The van der Waals surface area contributed by atoms with Gasteiger partial charge in [-0.05, 0) is 41.3 Å². The van der Waals surface area contributed by atoms with Crippen LogP contribution >= 0.6 is 0 Å². The number of nitrogens with zero attached hydrogens (tertiary/aromatic N) is 2. The summed E-state index contributed by atoms with van der Waals surface area (Å²) in [5, 5.41) is 0. The summed E-state index contributed by atoms with van der Waals surface area (Å²) in [4.78, 5) is 4.92. The Morgan fingerprint density at radius 3 is 2.35 bits per heavy atom. The largest absolute Gasteiger partial charge is 0.497 e. The quantitative estimate of drug-likeness (QED) is 0.512. The number of piperazine rings is 1. The summed E-state index contributed by atoms with van der Waals surface area (Å²) in [5.74, 6) is 3.41. The van der Waals surface area contributed by atoms with Crippen molar-refractivity contribution in [1.29, 1.82) is 0 Å². The molecule has 0 aromatic heterocycles. The SMILES string of the molecule is COc1ccc(OC)c(N2CCN(CCc3ccc(OC)c4c3-c3ccccc3CO4)CC2)c1. The van der Waals surface area contributed by atoms with E-state index in [2.05, 4.69) is 46.2 Å². The number of anilines is 1. The summed E-state index contributed by atoms with van der Waals surface area (Å²) >= 11 is 0. The normalized spacial score (nSPS) is 15.2. The maximum Gasteiger partial charge on any atom is 0.169 e. The molecule has 0 radical (unpaired) electrons. The average Bonchev–Trinajstić information content (AvgIpc) is 2.91. The van der Waals surface area contributed by atoms with Crippen molar-refractivity contribution in [3.05, 3.63) is 65.7 Å². The second kappa shape index (κ2) is 9.85. The van der Waals surface area contributed by atoms with Gasteiger partial charge in [-0.3, -0.25) is 4.90 Å². The maximum absolute atomic E-state index is 6.14. The van der Waals surface area contributed by atoms with E-state index in [1.807, 2.05) is 18.2 Å². The zero-order valence-electron chi connectivity index (χ0n) is 20.2. The average molecular weight is 461 g/mol. The fourth-order valence-electron chi connectivity index (χ4n) is 4.99. The third-order valence-corrected chi connectivity index (χ3v) is 6.88. The zero-order valence-corrected chi connectivity index (χ0v) is 20.2. The van der Waals surface area contributed by atoms with E-state index >= 15 is 0 Å². The first-order valence-electron chi connectivity index (χ1n) is 11.8. The van der Waals surface area contributed by atoms with E-state index in [1.54, 1.807) is 21.3 Å². The van der Waals surface area contributed by atoms with Crippen LogP contribution in [0.15, 0.2) is 54.6 Å². The van der Waals surface area contributed by atoms with Crippen molar-refractivity contribution in [2.75, 3.05) is 59.0 Å². The predicted octanol–water partition coefficient (Wildman–Crippen LogP) is 4.64. The van der Waals surface area contributed by atoms with Crippen LogP contribution in [-0.4, -0.2) is 59.0 Å². The van der Waals surface area contributed by atoms with Crippen molar-refractivity contribution in [2.24, 2.45) is 0 Å². The third kappa shape index (κ3) is 4.26. The van der Waals surface area contributed by atoms with Crippen LogP contribution in [0, 0.1) is 0 Å². The van der Waals surface area contributed by atoms with Gasteiger partial charge in [-0.25, -0.2) is 0 Å². The highest BCUT2D eigenvalue weighted by atomic mass is 16.5. The Kier molecular flexibility index (Phi) is 6.50. The molecule has 5 rings (SSSR count). The Labute approximate surface area is 201 Å². The molecule has 0 N–H and O–H groups in total. The van der Waals surface area contributed by atoms with E-state index in [1.165, 1.54) is 22.3 Å². The van der Waals surface area contributed by atoms with Gasteiger partial charge in [-0.2, -0.15) is 0 Å². The number of rotatable bonds is 7. The number of hydrogen-bond donors (Lipinski definition) is 0. The van der Waals surface area contributed by atoms with Gasteiger partial charge in [0.25, 0.3) is 0 Å². The van der Waals surface area contributed by atoms with Crippen LogP contribution in [-0.2, 0) is 13.0 Å². The summed E-state index contributed by atoms with van der Waals surface area (Å²) in [6.07, 6.45) is 0.965. The van der Waals surface area contributed by atoms with Crippen molar-refractivity contribution in [3.63, 3.8) is 0 Å². The molecule has 6 nitrogen and oxygen atoms in total. The van der Waals surface area contributed by atoms with Gasteiger partial charge < -0.3 is 23.8 Å². The van der Waals surface area contributed by atoms with E-state index in [-0.39, 0.29) is 0 Å². The van der Waals surface area contributed by atoms with Crippen LogP contribution in [0.3, 0.4) is 0 Å². The minimum atomic E-state index is 0.582. The van der Waals surface area contributed by atoms with Crippen LogP contribution in [0.5, 0.6) is 23.0 Å². The first-order valence-corrected chi connectivity index (χ1v) is 11.8. The molecular weight excluding hydrogens is 428 g/mol. The molecule has 178 valence electrons. The molecule has 2 heterocycles. The molecule has 1 saturated heterocycles. The third-order valence-electron chi connectivity index (χ3n) is 6.88. The smallest absolute Gasteiger partial charge is 0.169 e. The molecule has 3 aromatic carbocycles. The van der Waals surface area contributed by atoms with Crippen LogP contribution in [0.1, 0.15) is 11.1 Å². The number of fused-ring (bicyclic) bond motifs is 3. The van der Waals surface area contributed by atoms with Crippen molar-refractivity contribution < 1.29 is 18.9 Å². The van der Waals surface area contributed by atoms with Crippen molar-refractivity contribution >= 4 is 5.69 Å². The van der Waals surface area contributed by atoms with Crippen LogP contribution in [0.2, 0.25) is 0 Å². The molecular formula is C28H32N2O4. The monoisotopic (exact) mass is 460 g/mol. The van der Waals surface area contributed by atoms with Gasteiger partial charge in [-0.15, -0.1) is 0 Å². The fraction of sp³-hybridized carbons (Fsp3) is 0.357. The topological polar surface area (TPSA) is 43.4 Å². The first kappa shape index (κ1) is 22.4. The Morgan fingerprint density at radius 2 is 1.59 bits per heavy atom. The fourth-order valence-corrected chi connectivity index (χ4v) is 4.99. The second-order valence-electron chi connectivity index (χ2n) is 8.69. The van der Waals surface area contributed by atoms with E-state index in [0.29, 0.717) is 6.61 Å². The Balaban J connectivity index is 1.29. The van der Waals surface area contributed by atoms with Crippen LogP contribution in [0.4, 0.5) is 5.69 Å². The highest BCUT2D eigenvalue weighted by Crippen LogP contribution is 2.45. The van der Waals surface area contributed by atoms with Gasteiger partial charge in [0.05, 0.1) is 27.0 Å². The molecule has 0 aliphatic carbocycles. The van der Waals surface area contributed by atoms with Gasteiger partial charge in [0.15, 0.2) is 11.5 Å². The molecule has 0 amide bonds. The van der Waals surface area contributed by atoms with Crippen molar-refractivity contribution in [2.45, 2.75) is 13.0 Å². The summed E-state index contributed by atoms with van der Waals surface area (Å²) in [7, 11) is 5.12. The molecule has 6 heteroatoms. The summed E-state index contributed by atoms with van der Waals surface area (Å²) in [6.45, 7) is 5.51. The summed E-state index contributed by atoms with van der Waals surface area (Å²) in [5.41, 5.74) is 6.07. The molecule has 34 heavy (non-hydrogen) atoms. The van der Waals surface area contributed by atoms with E-state index < -0.39 is 0 Å². The van der Waals surface area contributed by atoms with Crippen molar-refractivity contribution in [3.8, 4) is 34.1 Å². The molecule has 0 unspecified atom stereocenters. The molecule has 0 bridgehead atoms. The summed E-state index contributed by atoms with van der Waals surface area (Å²) < 4.78 is 22.8. The van der Waals surface area contributed by atoms with Gasteiger partial charge in [-0.1, -0.05) is 30.3 Å². The number of benzene rings is 3. The van der Waals surface area contributed by atoms with E-state index in [4.69, 9.17) is 18.9 Å². The molecule has 1 fully saturated rings. The highest BCUT2D eigenvalue weighted by molar-refractivity contribution is 5.81. The maximum atomic E-state index is 6.14. The number of hydrogen-bond acceptors (Lipinski definition) is 6. The second-order valence-corrected chi connectivity index (χ2v) is 8.69. The first-order chi connectivity index (χ1) is 16.7. The van der Waals surface area contributed by atoms with E-state index in [0.717, 1.165) is 67.8 Å². The lowest BCUT2D eigenvalue weighted by molar-refractivity contribution is 0.259. The minimum Gasteiger partial charge on any atom is -0.497 e. The molecule has 3 aromatic rings. The van der Waals surface area contributed by atoms with E-state index in [9.17, 15) is 0 Å². The minimum absolute atomic E-state index is 0.582. The number of ether oxygens (including phenoxy) is 4. The van der Waals surface area contributed by atoms with Crippen LogP contribution in [0.25, 0.3) is 11.1 Å². The lowest BCUT2D eigenvalue weighted by Crippen LogP contribution is -2.47. The molecule has 0 atom stereocenters. The Morgan fingerprint density at radius 1 is 0.824 bits per heavy atom. The van der Waals surface area contributed by atoms with Gasteiger partial charge in [0.2, 0.25) is 0 Å². The number of methoxy groups -OCH3 is 3. The van der Waals surface area contributed by atoms with Crippen LogP contribution < -0.4 is 23.8 Å². The zero-order chi connectivity index (χ0) is 23.5. The predicted molar refractivity (Wildman–Crippen MR) is 135 cm³/mol. The molecule has 2 aliphatic heterocycles. The van der Waals surface area contributed by atoms with Gasteiger partial charge in [0, 0.05) is 44.4 Å². The lowest BCUT2D eigenvalue weighted by atomic mass is 9.91. The highest BCUT2D eigenvalue weighted by Gasteiger charge is 2.25. The van der Waals surface area contributed by atoms with Crippen molar-refractivity contribution in [1.82, 2.24) is 4.90 Å². The standard InChI is InChI=1S/C28H32N2O4/c1-31-22-9-11-25(32-2)24(18-22)30-16-14-29(15-17-30)13-12-20-8-10-26(33-3)28-27(20)23-7-5-4-6-21(23)19-34-28/h4-11,18H,12-17,19H2,1-3H3. The Bertz CT molecular complexity index is 1160.